The van der Waals surface area contributed by atoms with Crippen LogP contribution in [0.2, 0.25) is 5.02 Å². The molecule has 0 fully saturated rings. The largest absolute Gasteiger partial charge is 0.483 e. The monoisotopic (exact) mass is 382 g/mol. The molecule has 1 N–H and O–H groups in total. The Bertz CT molecular complexity index is 882. The highest BCUT2D eigenvalue weighted by Crippen LogP contribution is 2.22. The molecule has 6 nitrogen and oxygen atoms in total. The number of amides is 1. The molecule has 0 atom stereocenters. The third-order valence-corrected chi connectivity index (χ3v) is 5.44. The number of nitrogens with one attached hydrogen (secondary N) is 1. The average molecular weight is 383 g/mol. The Hall–Kier alpha value is -2.09. The highest BCUT2D eigenvalue weighted by Gasteiger charge is 2.17. The van der Waals surface area contributed by atoms with Gasteiger partial charge in [-0.2, -0.15) is 0 Å². The number of nitrogens with zero attached hydrogens (tertiary/aromatic N) is 1. The van der Waals surface area contributed by atoms with Crippen LogP contribution in [0.15, 0.2) is 47.4 Å². The molecule has 2 aromatic carbocycles. The minimum absolute atomic E-state index is 0.102. The summed E-state index contributed by atoms with van der Waals surface area (Å²) >= 11 is 5.87. The van der Waals surface area contributed by atoms with Crippen LogP contribution >= 0.6 is 11.6 Å². The van der Waals surface area contributed by atoms with E-state index in [2.05, 4.69) is 5.32 Å². The number of sulfonamides is 1. The van der Waals surface area contributed by atoms with Gasteiger partial charge in [0.15, 0.2) is 6.61 Å². The van der Waals surface area contributed by atoms with Crippen molar-refractivity contribution in [1.82, 2.24) is 4.31 Å². The van der Waals surface area contributed by atoms with E-state index in [-0.39, 0.29) is 11.5 Å². The molecule has 0 heterocycles. The molecule has 8 heteroatoms. The minimum atomic E-state index is -3.56. The Kier molecular flexibility index (Phi) is 6.05. The highest BCUT2D eigenvalue weighted by atomic mass is 35.5. The van der Waals surface area contributed by atoms with E-state index in [1.54, 1.807) is 30.3 Å². The first-order valence-corrected chi connectivity index (χ1v) is 9.23. The molecule has 0 aromatic heterocycles. The zero-order valence-electron chi connectivity index (χ0n) is 14.1. The van der Waals surface area contributed by atoms with Gasteiger partial charge >= 0.3 is 0 Å². The van der Waals surface area contributed by atoms with Gasteiger partial charge in [-0.1, -0.05) is 17.7 Å². The second-order valence-corrected chi connectivity index (χ2v) is 8.15. The zero-order chi connectivity index (χ0) is 18.6. The third-order valence-electron chi connectivity index (χ3n) is 3.39. The van der Waals surface area contributed by atoms with Crippen molar-refractivity contribution in [2.75, 3.05) is 26.0 Å². The summed E-state index contributed by atoms with van der Waals surface area (Å²) < 4.78 is 30.8. The first kappa shape index (κ1) is 19.2. The van der Waals surface area contributed by atoms with Crippen molar-refractivity contribution in [3.63, 3.8) is 0 Å². The minimum Gasteiger partial charge on any atom is -0.483 e. The molecule has 0 radical (unpaired) electrons. The summed E-state index contributed by atoms with van der Waals surface area (Å²) in [7, 11) is -0.667. The van der Waals surface area contributed by atoms with Gasteiger partial charge in [0.05, 0.1) is 4.90 Å². The molecule has 0 bridgehead atoms. The zero-order valence-corrected chi connectivity index (χ0v) is 15.7. The van der Waals surface area contributed by atoms with Crippen LogP contribution in [0.4, 0.5) is 5.69 Å². The van der Waals surface area contributed by atoms with E-state index < -0.39 is 15.9 Å². The Balaban J connectivity index is 2.03. The van der Waals surface area contributed by atoms with Crippen LogP contribution < -0.4 is 10.1 Å². The molecule has 0 spiro atoms. The van der Waals surface area contributed by atoms with E-state index in [0.717, 1.165) is 9.87 Å². The molecule has 25 heavy (non-hydrogen) atoms. The molecule has 0 saturated carbocycles. The van der Waals surface area contributed by atoms with Crippen molar-refractivity contribution >= 4 is 33.2 Å². The number of ether oxygens (including phenoxy) is 1. The maximum Gasteiger partial charge on any atom is 0.262 e. The van der Waals surface area contributed by atoms with E-state index in [9.17, 15) is 13.2 Å². The Labute approximate surface area is 152 Å². The summed E-state index contributed by atoms with van der Waals surface area (Å²) in [5.41, 5.74) is 1.20. The van der Waals surface area contributed by atoms with Gasteiger partial charge in [0.1, 0.15) is 5.75 Å². The van der Waals surface area contributed by atoms with Crippen molar-refractivity contribution in [2.24, 2.45) is 0 Å². The Morgan fingerprint density at radius 2 is 1.92 bits per heavy atom. The number of aryl methyl sites for hydroxylation is 1. The summed E-state index contributed by atoms with van der Waals surface area (Å²) in [5, 5.41) is 3.21. The normalized spacial score (nSPS) is 11.4. The standard InChI is InChI=1S/C17H19ClN2O4S/c1-12-9-13(18)7-8-16(12)24-11-17(21)19-14-5-4-6-15(10-14)25(22,23)20(2)3/h4-10H,11H2,1-3H3,(H,19,21). The van der Waals surface area contributed by atoms with Gasteiger partial charge in [0.25, 0.3) is 5.91 Å². The SMILES string of the molecule is Cc1cc(Cl)ccc1OCC(=O)Nc1cccc(S(=O)(=O)N(C)C)c1. The lowest BCUT2D eigenvalue weighted by atomic mass is 10.2. The van der Waals surface area contributed by atoms with Gasteiger partial charge < -0.3 is 10.1 Å². The topological polar surface area (TPSA) is 75.7 Å². The van der Waals surface area contributed by atoms with Crippen LogP contribution in [0.3, 0.4) is 0 Å². The van der Waals surface area contributed by atoms with Gasteiger partial charge in [0.2, 0.25) is 10.0 Å². The average Bonchev–Trinajstić information content (AvgIpc) is 2.54. The third kappa shape index (κ3) is 4.94. The molecule has 134 valence electrons. The summed E-state index contributed by atoms with van der Waals surface area (Å²) in [6.45, 7) is 1.63. The molecular weight excluding hydrogens is 364 g/mol. The van der Waals surface area contributed by atoms with Gasteiger partial charge in [0, 0.05) is 24.8 Å². The number of carbonyl (C=O) groups excluding carboxylic acids is 1. The smallest absolute Gasteiger partial charge is 0.262 e. The van der Waals surface area contributed by atoms with E-state index in [1.807, 2.05) is 6.92 Å². The fourth-order valence-electron chi connectivity index (χ4n) is 2.06. The number of carbonyl (C=O) groups is 1. The molecule has 2 rings (SSSR count). The summed E-state index contributed by atoms with van der Waals surface area (Å²) in [6.07, 6.45) is 0. The van der Waals surface area contributed by atoms with Crippen molar-refractivity contribution in [3.8, 4) is 5.75 Å². The number of benzene rings is 2. The van der Waals surface area contributed by atoms with Crippen molar-refractivity contribution < 1.29 is 17.9 Å². The van der Waals surface area contributed by atoms with Crippen molar-refractivity contribution in [3.05, 3.63) is 53.1 Å². The molecule has 0 saturated heterocycles. The molecule has 1 amide bonds. The number of rotatable bonds is 6. The molecule has 0 aliphatic carbocycles. The van der Waals surface area contributed by atoms with E-state index >= 15 is 0 Å². The molecule has 2 aromatic rings. The first-order chi connectivity index (χ1) is 11.7. The number of hydrogen-bond acceptors (Lipinski definition) is 4. The molecule has 0 aliphatic heterocycles. The number of halogens is 1. The number of anilines is 1. The van der Waals surface area contributed by atoms with Crippen molar-refractivity contribution in [2.45, 2.75) is 11.8 Å². The highest BCUT2D eigenvalue weighted by molar-refractivity contribution is 7.89. The lowest BCUT2D eigenvalue weighted by Gasteiger charge is -2.13. The van der Waals surface area contributed by atoms with Crippen LogP contribution in [0, 0.1) is 6.92 Å². The fourth-order valence-corrected chi connectivity index (χ4v) is 3.23. The van der Waals surface area contributed by atoms with Crippen LogP contribution in [0.1, 0.15) is 5.56 Å². The lowest BCUT2D eigenvalue weighted by molar-refractivity contribution is -0.118. The Morgan fingerprint density at radius 3 is 2.56 bits per heavy atom. The van der Waals surface area contributed by atoms with E-state index in [1.165, 1.54) is 26.2 Å². The van der Waals surface area contributed by atoms with Gasteiger partial charge in [-0.3, -0.25) is 4.79 Å². The molecular formula is C17H19ClN2O4S. The van der Waals surface area contributed by atoms with Crippen LogP contribution in [0.25, 0.3) is 0 Å². The second kappa shape index (κ2) is 7.86. The number of hydrogen-bond donors (Lipinski definition) is 1. The lowest BCUT2D eigenvalue weighted by Crippen LogP contribution is -2.23. The fraction of sp³-hybridized carbons (Fsp3) is 0.235. The van der Waals surface area contributed by atoms with E-state index in [0.29, 0.717) is 16.5 Å². The van der Waals surface area contributed by atoms with Crippen LogP contribution in [-0.4, -0.2) is 39.3 Å². The predicted molar refractivity (Wildman–Crippen MR) is 97.6 cm³/mol. The Morgan fingerprint density at radius 1 is 1.20 bits per heavy atom. The summed E-state index contributed by atoms with van der Waals surface area (Å²) in [4.78, 5) is 12.1. The predicted octanol–water partition coefficient (Wildman–Crippen LogP) is 2.92. The van der Waals surface area contributed by atoms with Gasteiger partial charge in [-0.05, 0) is 48.9 Å². The second-order valence-electron chi connectivity index (χ2n) is 5.56. The molecule has 0 unspecified atom stereocenters. The first-order valence-electron chi connectivity index (χ1n) is 7.41. The van der Waals surface area contributed by atoms with Crippen LogP contribution in [-0.2, 0) is 14.8 Å². The maximum atomic E-state index is 12.1. The maximum absolute atomic E-state index is 12.1. The van der Waals surface area contributed by atoms with Crippen LogP contribution in [0.5, 0.6) is 5.75 Å². The summed E-state index contributed by atoms with van der Waals surface area (Å²) in [6, 6.07) is 11.2. The van der Waals surface area contributed by atoms with Gasteiger partial charge in [-0.15, -0.1) is 0 Å². The van der Waals surface area contributed by atoms with Gasteiger partial charge in [-0.25, -0.2) is 12.7 Å². The molecule has 0 aliphatic rings. The van der Waals surface area contributed by atoms with Crippen molar-refractivity contribution in [1.29, 1.82) is 0 Å². The quantitative estimate of drug-likeness (QED) is 0.833. The summed E-state index contributed by atoms with van der Waals surface area (Å²) in [5.74, 6) is 0.164. The van der Waals surface area contributed by atoms with E-state index in [4.69, 9.17) is 16.3 Å².